The van der Waals surface area contributed by atoms with E-state index in [0.29, 0.717) is 11.4 Å². The van der Waals surface area contributed by atoms with Crippen LogP contribution >= 0.6 is 11.6 Å². The third-order valence-electron chi connectivity index (χ3n) is 3.40. The van der Waals surface area contributed by atoms with Gasteiger partial charge in [-0.3, -0.25) is 0 Å². The molecule has 1 heterocycles. The highest BCUT2D eigenvalue weighted by Crippen LogP contribution is 2.20. The zero-order valence-corrected chi connectivity index (χ0v) is 13.9. The molecule has 0 radical (unpaired) electrons. The Morgan fingerprint density at radius 3 is 2.30 bits per heavy atom. The van der Waals surface area contributed by atoms with Gasteiger partial charge in [-0.05, 0) is 31.2 Å². The van der Waals surface area contributed by atoms with Crippen molar-refractivity contribution in [2.24, 2.45) is 0 Å². The molecule has 1 aromatic heterocycles. The zero-order valence-electron chi connectivity index (χ0n) is 12.3. The first-order valence-corrected chi connectivity index (χ1v) is 8.80. The van der Waals surface area contributed by atoms with Gasteiger partial charge < -0.3 is 0 Å². The summed E-state index contributed by atoms with van der Waals surface area (Å²) >= 11 is 5.95. The highest BCUT2D eigenvalue weighted by molar-refractivity contribution is 7.89. The summed E-state index contributed by atoms with van der Waals surface area (Å²) in [7, 11) is -3.71. The largest absolute Gasteiger partial charge is 0.250 e. The second-order valence-corrected chi connectivity index (χ2v) is 7.14. The molecule has 118 valence electrons. The first kappa shape index (κ1) is 15.9. The number of benzene rings is 2. The lowest BCUT2D eigenvalue weighted by Crippen LogP contribution is -2.24. The van der Waals surface area contributed by atoms with Crippen LogP contribution in [0.1, 0.15) is 11.4 Å². The average Bonchev–Trinajstić information content (AvgIpc) is 2.53. The van der Waals surface area contributed by atoms with Crippen LogP contribution in [0, 0.1) is 6.92 Å². The molecule has 0 aliphatic rings. The molecule has 3 rings (SSSR count). The fourth-order valence-electron chi connectivity index (χ4n) is 2.20. The molecule has 0 spiro atoms. The van der Waals surface area contributed by atoms with Crippen molar-refractivity contribution in [1.82, 2.24) is 14.7 Å². The van der Waals surface area contributed by atoms with Crippen molar-refractivity contribution >= 4 is 32.7 Å². The van der Waals surface area contributed by atoms with Gasteiger partial charge in [0.05, 0.1) is 34.0 Å². The minimum absolute atomic E-state index is 0.0491. The molecule has 23 heavy (non-hydrogen) atoms. The van der Waals surface area contributed by atoms with Crippen LogP contribution in [-0.4, -0.2) is 18.4 Å². The van der Waals surface area contributed by atoms with Crippen molar-refractivity contribution in [3.63, 3.8) is 0 Å². The molecule has 0 atom stereocenters. The quantitative estimate of drug-likeness (QED) is 0.787. The number of hydrogen-bond acceptors (Lipinski definition) is 4. The Morgan fingerprint density at radius 2 is 1.61 bits per heavy atom. The fraction of sp³-hybridized carbons (Fsp3) is 0.125. The first-order chi connectivity index (χ1) is 11.0. The maximum absolute atomic E-state index is 12.4. The summed E-state index contributed by atoms with van der Waals surface area (Å²) in [4.78, 5) is 8.96. The lowest BCUT2D eigenvalue weighted by atomic mass is 10.2. The Balaban J connectivity index is 1.88. The Kier molecular flexibility index (Phi) is 4.30. The van der Waals surface area contributed by atoms with Crippen LogP contribution < -0.4 is 4.72 Å². The molecule has 0 bridgehead atoms. The molecule has 3 aromatic rings. The van der Waals surface area contributed by atoms with Crippen LogP contribution in [0.4, 0.5) is 0 Å². The van der Waals surface area contributed by atoms with E-state index < -0.39 is 10.0 Å². The molecule has 0 amide bonds. The summed E-state index contributed by atoms with van der Waals surface area (Å²) in [6.45, 7) is 1.86. The fourth-order valence-corrected chi connectivity index (χ4v) is 3.70. The van der Waals surface area contributed by atoms with Crippen molar-refractivity contribution in [3.8, 4) is 0 Å². The van der Waals surface area contributed by atoms with Crippen LogP contribution in [0.25, 0.3) is 11.0 Å². The maximum Gasteiger partial charge on any atom is 0.242 e. The van der Waals surface area contributed by atoms with Crippen molar-refractivity contribution in [3.05, 3.63) is 64.9 Å². The van der Waals surface area contributed by atoms with Crippen molar-refractivity contribution in [2.45, 2.75) is 18.4 Å². The number of hydrogen-bond donors (Lipinski definition) is 1. The minimum Gasteiger partial charge on any atom is -0.250 e. The lowest BCUT2D eigenvalue weighted by Gasteiger charge is -2.10. The number of nitrogens with zero attached hydrogens (tertiary/aromatic N) is 2. The van der Waals surface area contributed by atoms with Gasteiger partial charge >= 0.3 is 0 Å². The monoisotopic (exact) mass is 347 g/mol. The smallest absolute Gasteiger partial charge is 0.242 e. The van der Waals surface area contributed by atoms with Gasteiger partial charge in [0.25, 0.3) is 0 Å². The lowest BCUT2D eigenvalue weighted by molar-refractivity contribution is 0.580. The molecule has 2 aromatic carbocycles. The van der Waals surface area contributed by atoms with Crippen LogP contribution in [0.3, 0.4) is 0 Å². The van der Waals surface area contributed by atoms with Crippen LogP contribution in [0.5, 0.6) is 0 Å². The van der Waals surface area contributed by atoms with E-state index in [9.17, 15) is 8.42 Å². The summed E-state index contributed by atoms with van der Waals surface area (Å²) in [6.07, 6.45) is 0. The van der Waals surface area contributed by atoms with Crippen molar-refractivity contribution < 1.29 is 8.42 Å². The predicted molar refractivity (Wildman–Crippen MR) is 89.8 cm³/mol. The summed E-state index contributed by atoms with van der Waals surface area (Å²) in [5, 5.41) is 0.182. The number of fused-ring (bicyclic) bond motifs is 1. The third kappa shape index (κ3) is 3.34. The molecule has 0 saturated heterocycles. The number of rotatable bonds is 4. The van der Waals surface area contributed by atoms with E-state index >= 15 is 0 Å². The SMILES string of the molecule is Cc1nc2ccccc2nc1CNS(=O)(=O)c1ccccc1Cl. The molecule has 5 nitrogen and oxygen atoms in total. The standard InChI is InChI=1S/C16H14ClN3O2S/c1-11-15(20-14-8-4-3-7-13(14)19-11)10-18-23(21,22)16-9-5-2-6-12(16)17/h2-9,18H,10H2,1H3. The molecule has 0 aliphatic carbocycles. The second kappa shape index (κ2) is 6.23. The zero-order chi connectivity index (χ0) is 16.4. The van der Waals surface area contributed by atoms with Crippen LogP contribution in [-0.2, 0) is 16.6 Å². The number of nitrogens with one attached hydrogen (secondary N) is 1. The van der Waals surface area contributed by atoms with E-state index in [1.807, 2.05) is 24.3 Å². The normalized spacial score (nSPS) is 11.7. The van der Waals surface area contributed by atoms with Crippen molar-refractivity contribution in [1.29, 1.82) is 0 Å². The van der Waals surface area contributed by atoms with Gasteiger partial charge in [0.15, 0.2) is 0 Å². The van der Waals surface area contributed by atoms with E-state index in [1.165, 1.54) is 12.1 Å². The second-order valence-electron chi connectivity index (χ2n) is 5.00. The maximum atomic E-state index is 12.4. The number of para-hydroxylation sites is 2. The first-order valence-electron chi connectivity index (χ1n) is 6.94. The Labute approximate surface area is 139 Å². The minimum atomic E-state index is -3.71. The Bertz CT molecular complexity index is 974. The number of aromatic nitrogens is 2. The summed E-state index contributed by atoms with van der Waals surface area (Å²) < 4.78 is 27.2. The molecule has 0 saturated carbocycles. The summed E-state index contributed by atoms with van der Waals surface area (Å²) in [5.74, 6) is 0. The number of sulfonamides is 1. The van der Waals surface area contributed by atoms with Gasteiger partial charge in [-0.2, -0.15) is 0 Å². The molecule has 0 aliphatic heterocycles. The van der Waals surface area contributed by atoms with Gasteiger partial charge in [-0.25, -0.2) is 23.1 Å². The highest BCUT2D eigenvalue weighted by Gasteiger charge is 2.18. The third-order valence-corrected chi connectivity index (χ3v) is 5.30. The van der Waals surface area contributed by atoms with Gasteiger partial charge in [-0.15, -0.1) is 0 Å². The molecule has 0 unspecified atom stereocenters. The Morgan fingerprint density at radius 1 is 1.00 bits per heavy atom. The van der Waals surface area contributed by atoms with E-state index in [1.54, 1.807) is 19.1 Å². The highest BCUT2D eigenvalue weighted by atomic mass is 35.5. The van der Waals surface area contributed by atoms with Crippen molar-refractivity contribution in [2.75, 3.05) is 0 Å². The van der Waals surface area contributed by atoms with Gasteiger partial charge in [0.1, 0.15) is 4.90 Å². The number of halogens is 1. The van der Waals surface area contributed by atoms with Gasteiger partial charge in [-0.1, -0.05) is 35.9 Å². The average molecular weight is 348 g/mol. The summed E-state index contributed by atoms with van der Waals surface area (Å²) in [6, 6.07) is 13.8. The predicted octanol–water partition coefficient (Wildman–Crippen LogP) is 3.07. The number of aryl methyl sites for hydroxylation is 1. The van der Waals surface area contributed by atoms with E-state index in [2.05, 4.69) is 14.7 Å². The molecule has 7 heteroatoms. The summed E-state index contributed by atoms with van der Waals surface area (Å²) in [5.41, 5.74) is 2.78. The molecular weight excluding hydrogens is 334 g/mol. The van der Waals surface area contributed by atoms with Crippen LogP contribution in [0.2, 0.25) is 5.02 Å². The molecule has 0 fully saturated rings. The van der Waals surface area contributed by atoms with E-state index in [-0.39, 0.29) is 16.5 Å². The van der Waals surface area contributed by atoms with Gasteiger partial charge in [0, 0.05) is 0 Å². The van der Waals surface area contributed by atoms with Crippen LogP contribution in [0.15, 0.2) is 53.4 Å². The Hall–Kier alpha value is -2.02. The van der Waals surface area contributed by atoms with Gasteiger partial charge in [0.2, 0.25) is 10.0 Å². The molecule has 1 N–H and O–H groups in total. The van der Waals surface area contributed by atoms with E-state index in [4.69, 9.17) is 11.6 Å². The topological polar surface area (TPSA) is 72.0 Å². The van der Waals surface area contributed by atoms with E-state index in [0.717, 1.165) is 11.0 Å². The molecular formula is C16H14ClN3O2S.